The van der Waals surface area contributed by atoms with Gasteiger partial charge in [0, 0.05) is 18.6 Å². The number of aryl methyl sites for hydroxylation is 1. The van der Waals surface area contributed by atoms with Gasteiger partial charge in [0.2, 0.25) is 5.91 Å². The molecule has 7 heteroatoms. The number of anilines is 1. The van der Waals surface area contributed by atoms with Crippen molar-refractivity contribution in [3.63, 3.8) is 0 Å². The third kappa shape index (κ3) is 4.30. The molecule has 0 aliphatic rings. The number of rotatable bonds is 6. The lowest BCUT2D eigenvalue weighted by atomic mass is 10.1. The van der Waals surface area contributed by atoms with Crippen LogP contribution in [0.15, 0.2) is 42.5 Å². The maximum atomic E-state index is 12.1. The zero-order valence-corrected chi connectivity index (χ0v) is 13.0. The van der Waals surface area contributed by atoms with Crippen molar-refractivity contribution in [2.24, 2.45) is 0 Å². The second kappa shape index (κ2) is 7.74. The van der Waals surface area contributed by atoms with E-state index in [2.05, 4.69) is 5.32 Å². The standard InChI is InChI=1S/C17H15N3O4/c1-24-16-8-7-14(20(22)23)10-15(16)19-17(21)9-6-12-2-4-13(11-18)5-3-12/h2-5,7-8,10H,6,9H2,1H3,(H,19,21). The molecular weight excluding hydrogens is 310 g/mol. The summed E-state index contributed by atoms with van der Waals surface area (Å²) in [7, 11) is 1.42. The summed E-state index contributed by atoms with van der Waals surface area (Å²) < 4.78 is 5.10. The van der Waals surface area contributed by atoms with Gasteiger partial charge in [-0.25, -0.2) is 0 Å². The van der Waals surface area contributed by atoms with Crippen LogP contribution >= 0.6 is 0 Å². The number of nitro benzene ring substituents is 1. The number of nitro groups is 1. The van der Waals surface area contributed by atoms with E-state index in [0.717, 1.165) is 5.56 Å². The number of carbonyl (C=O) groups excluding carboxylic acids is 1. The molecule has 2 rings (SSSR count). The molecule has 2 aromatic carbocycles. The Hall–Kier alpha value is -3.40. The van der Waals surface area contributed by atoms with E-state index in [-0.39, 0.29) is 23.7 Å². The first kappa shape index (κ1) is 17.0. The van der Waals surface area contributed by atoms with Gasteiger partial charge in [0.25, 0.3) is 5.69 Å². The van der Waals surface area contributed by atoms with Crippen molar-refractivity contribution in [3.8, 4) is 11.8 Å². The number of non-ortho nitro benzene ring substituents is 1. The summed E-state index contributed by atoms with van der Waals surface area (Å²) in [6.45, 7) is 0. The molecule has 0 fully saturated rings. The minimum Gasteiger partial charge on any atom is -0.495 e. The van der Waals surface area contributed by atoms with Crippen LogP contribution in [0.3, 0.4) is 0 Å². The lowest BCUT2D eigenvalue weighted by Crippen LogP contribution is -2.13. The number of amides is 1. The summed E-state index contributed by atoms with van der Waals surface area (Å²) in [5.41, 5.74) is 1.62. The normalized spacial score (nSPS) is 9.83. The van der Waals surface area contributed by atoms with Crippen molar-refractivity contribution in [1.29, 1.82) is 5.26 Å². The molecule has 0 aliphatic heterocycles. The summed E-state index contributed by atoms with van der Waals surface area (Å²) in [6.07, 6.45) is 0.701. The van der Waals surface area contributed by atoms with Crippen LogP contribution in [0, 0.1) is 21.4 Å². The van der Waals surface area contributed by atoms with Crippen LogP contribution in [0.1, 0.15) is 17.5 Å². The van der Waals surface area contributed by atoms with E-state index >= 15 is 0 Å². The van der Waals surface area contributed by atoms with Crippen LogP contribution in [0.25, 0.3) is 0 Å². The molecule has 7 nitrogen and oxygen atoms in total. The van der Waals surface area contributed by atoms with Gasteiger partial charge >= 0.3 is 0 Å². The number of benzene rings is 2. The Balaban J connectivity index is 2.02. The Morgan fingerprint density at radius 2 is 2.00 bits per heavy atom. The van der Waals surface area contributed by atoms with Gasteiger partial charge in [-0.3, -0.25) is 14.9 Å². The highest BCUT2D eigenvalue weighted by Crippen LogP contribution is 2.29. The third-order valence-corrected chi connectivity index (χ3v) is 3.39. The second-order valence-corrected chi connectivity index (χ2v) is 5.00. The fourth-order valence-corrected chi connectivity index (χ4v) is 2.12. The zero-order valence-electron chi connectivity index (χ0n) is 13.0. The van der Waals surface area contributed by atoms with Gasteiger partial charge in [0.15, 0.2) is 0 Å². The van der Waals surface area contributed by atoms with E-state index < -0.39 is 4.92 Å². The number of nitrogens with one attached hydrogen (secondary N) is 1. The first-order valence-electron chi connectivity index (χ1n) is 7.15. The van der Waals surface area contributed by atoms with Crippen LogP contribution in [0.2, 0.25) is 0 Å². The SMILES string of the molecule is COc1ccc([N+](=O)[O-])cc1NC(=O)CCc1ccc(C#N)cc1. The molecule has 0 spiro atoms. The van der Waals surface area contributed by atoms with Crippen LogP contribution < -0.4 is 10.1 Å². The lowest BCUT2D eigenvalue weighted by molar-refractivity contribution is -0.384. The summed E-state index contributed by atoms with van der Waals surface area (Å²) in [5.74, 6) is 0.0745. The van der Waals surface area contributed by atoms with Gasteiger partial charge < -0.3 is 10.1 Å². The number of ether oxygens (including phenoxy) is 1. The van der Waals surface area contributed by atoms with Crippen LogP contribution in [0.4, 0.5) is 11.4 Å². The molecule has 0 aromatic heterocycles. The van der Waals surface area contributed by atoms with Crippen molar-refractivity contribution in [2.45, 2.75) is 12.8 Å². The number of hydrogen-bond donors (Lipinski definition) is 1. The number of methoxy groups -OCH3 is 1. The topological polar surface area (TPSA) is 105 Å². The monoisotopic (exact) mass is 325 g/mol. The Bertz CT molecular complexity index is 794. The molecule has 0 saturated carbocycles. The average molecular weight is 325 g/mol. The fraction of sp³-hybridized carbons (Fsp3) is 0.176. The number of carbonyl (C=O) groups is 1. The largest absolute Gasteiger partial charge is 0.495 e. The molecule has 0 atom stereocenters. The number of nitriles is 1. The molecular formula is C17H15N3O4. The van der Waals surface area contributed by atoms with Crippen LogP contribution in [-0.2, 0) is 11.2 Å². The lowest BCUT2D eigenvalue weighted by Gasteiger charge is -2.10. The highest BCUT2D eigenvalue weighted by molar-refractivity contribution is 5.92. The van der Waals surface area contributed by atoms with E-state index in [9.17, 15) is 14.9 Å². The van der Waals surface area contributed by atoms with E-state index in [4.69, 9.17) is 10.00 Å². The summed E-state index contributed by atoms with van der Waals surface area (Å²) >= 11 is 0. The van der Waals surface area contributed by atoms with Gasteiger partial charge in [0.05, 0.1) is 29.4 Å². The Labute approximate surface area is 138 Å². The highest BCUT2D eigenvalue weighted by Gasteiger charge is 2.13. The second-order valence-electron chi connectivity index (χ2n) is 5.00. The Kier molecular flexibility index (Phi) is 5.47. The predicted octanol–water partition coefficient (Wildman–Crippen LogP) is 3.05. The number of nitrogens with zero attached hydrogens (tertiary/aromatic N) is 2. The van der Waals surface area contributed by atoms with Crippen molar-refractivity contribution < 1.29 is 14.5 Å². The smallest absolute Gasteiger partial charge is 0.271 e. The molecule has 0 saturated heterocycles. The maximum absolute atomic E-state index is 12.1. The predicted molar refractivity (Wildman–Crippen MR) is 87.8 cm³/mol. The molecule has 24 heavy (non-hydrogen) atoms. The van der Waals surface area contributed by atoms with Gasteiger partial charge in [-0.1, -0.05) is 12.1 Å². The minimum atomic E-state index is -0.536. The minimum absolute atomic E-state index is 0.127. The summed E-state index contributed by atoms with van der Waals surface area (Å²) in [6, 6.07) is 13.0. The number of hydrogen-bond acceptors (Lipinski definition) is 5. The van der Waals surface area contributed by atoms with Gasteiger partial charge in [-0.15, -0.1) is 0 Å². The van der Waals surface area contributed by atoms with E-state index in [1.54, 1.807) is 24.3 Å². The van der Waals surface area contributed by atoms with Gasteiger partial charge in [0.1, 0.15) is 5.75 Å². The summed E-state index contributed by atoms with van der Waals surface area (Å²) in [5, 5.41) is 22.2. The van der Waals surface area contributed by atoms with Crippen molar-refractivity contribution in [3.05, 3.63) is 63.7 Å². The zero-order chi connectivity index (χ0) is 17.5. The van der Waals surface area contributed by atoms with E-state index in [1.807, 2.05) is 6.07 Å². The quantitative estimate of drug-likeness (QED) is 0.649. The molecule has 1 amide bonds. The third-order valence-electron chi connectivity index (χ3n) is 3.39. The Morgan fingerprint density at radius 3 is 2.58 bits per heavy atom. The van der Waals surface area contributed by atoms with Crippen molar-refractivity contribution >= 4 is 17.3 Å². The van der Waals surface area contributed by atoms with E-state index in [0.29, 0.717) is 17.7 Å². The van der Waals surface area contributed by atoms with Gasteiger partial charge in [-0.05, 0) is 30.2 Å². The van der Waals surface area contributed by atoms with Crippen LogP contribution in [-0.4, -0.2) is 17.9 Å². The first-order chi connectivity index (χ1) is 11.5. The molecule has 0 aliphatic carbocycles. The van der Waals surface area contributed by atoms with Crippen molar-refractivity contribution in [1.82, 2.24) is 0 Å². The van der Waals surface area contributed by atoms with Crippen LogP contribution in [0.5, 0.6) is 5.75 Å². The maximum Gasteiger partial charge on any atom is 0.271 e. The average Bonchev–Trinajstić information content (AvgIpc) is 2.60. The Morgan fingerprint density at radius 1 is 1.29 bits per heavy atom. The molecule has 0 unspecified atom stereocenters. The molecule has 1 N–H and O–H groups in total. The van der Waals surface area contributed by atoms with E-state index in [1.165, 1.54) is 25.3 Å². The molecule has 2 aromatic rings. The molecule has 0 radical (unpaired) electrons. The first-order valence-corrected chi connectivity index (χ1v) is 7.15. The summed E-state index contributed by atoms with van der Waals surface area (Å²) in [4.78, 5) is 22.4. The highest BCUT2D eigenvalue weighted by atomic mass is 16.6. The van der Waals surface area contributed by atoms with Gasteiger partial charge in [-0.2, -0.15) is 5.26 Å². The molecule has 122 valence electrons. The molecule has 0 bridgehead atoms. The molecule has 0 heterocycles. The fourth-order valence-electron chi connectivity index (χ4n) is 2.12. The van der Waals surface area contributed by atoms with Crippen molar-refractivity contribution in [2.75, 3.05) is 12.4 Å².